The van der Waals surface area contributed by atoms with Crippen LogP contribution < -0.4 is 5.73 Å². The maximum atomic E-state index is 13.6. The number of thioether (sulfide) groups is 1. The molecule has 1 aromatic heterocycles. The number of nitrogens with zero attached hydrogens (tertiary/aromatic N) is 2. The fourth-order valence-corrected chi connectivity index (χ4v) is 3.62. The largest absolute Gasteiger partial charge is 0.459 e. The molecule has 0 bridgehead atoms. The van der Waals surface area contributed by atoms with Gasteiger partial charge in [0.05, 0.1) is 6.42 Å². The Bertz CT molecular complexity index is 885. The maximum absolute atomic E-state index is 13.6. The molecule has 0 amide bonds. The van der Waals surface area contributed by atoms with Crippen LogP contribution in [0, 0.1) is 0 Å². The lowest BCUT2D eigenvalue weighted by atomic mass is 9.86. The van der Waals surface area contributed by atoms with E-state index in [0.29, 0.717) is 11.8 Å². The first-order chi connectivity index (χ1) is 15.4. The van der Waals surface area contributed by atoms with Crippen molar-refractivity contribution >= 4 is 34.2 Å². The van der Waals surface area contributed by atoms with Gasteiger partial charge >= 0.3 is 47.7 Å². The average molecular weight is 587 g/mol. The van der Waals surface area contributed by atoms with Gasteiger partial charge in [0.1, 0.15) is 0 Å². The van der Waals surface area contributed by atoms with E-state index in [2.05, 4.69) is 14.9 Å². The van der Waals surface area contributed by atoms with E-state index in [1.165, 1.54) is 0 Å². The van der Waals surface area contributed by atoms with E-state index in [1.54, 1.807) is 0 Å². The number of nitrogen functional groups attached to an aromatic ring is 1. The molecule has 0 aliphatic carbocycles. The Kier molecular flexibility index (Phi) is 8.49. The van der Waals surface area contributed by atoms with Gasteiger partial charge in [-0.25, -0.2) is 4.39 Å². The Balaban J connectivity index is 3.09. The number of esters is 1. The summed E-state index contributed by atoms with van der Waals surface area (Å²) in [5, 5.41) is 6.71. The van der Waals surface area contributed by atoms with Gasteiger partial charge in [-0.05, 0) is 0 Å². The zero-order valence-corrected chi connectivity index (χ0v) is 17.5. The molecule has 0 spiro atoms. The number of carbonyl (C=O) groups is 1. The zero-order valence-electron chi connectivity index (χ0n) is 15.9. The molecule has 35 heavy (non-hydrogen) atoms. The van der Waals surface area contributed by atoms with Crippen LogP contribution in [0.4, 0.5) is 71.0 Å². The number of aromatic nitrogens is 2. The predicted octanol–water partition coefficient (Wildman–Crippen LogP) is 5.52. The van der Waals surface area contributed by atoms with Crippen molar-refractivity contribution in [2.75, 3.05) is 18.1 Å². The quantitative estimate of drug-likeness (QED) is 0.221. The van der Waals surface area contributed by atoms with E-state index < -0.39 is 66.5 Å². The van der Waals surface area contributed by atoms with Crippen molar-refractivity contribution in [2.24, 2.45) is 0 Å². The van der Waals surface area contributed by atoms with Crippen LogP contribution in [-0.4, -0.2) is 70.2 Å². The summed E-state index contributed by atoms with van der Waals surface area (Å²) in [6, 6.07) is 0. The molecule has 0 atom stereocenters. The molecule has 0 fully saturated rings. The van der Waals surface area contributed by atoms with Crippen molar-refractivity contribution in [3.8, 4) is 0 Å². The number of carbonyl (C=O) groups excluding carboxylic acids is 1. The van der Waals surface area contributed by atoms with E-state index in [0.717, 1.165) is 11.3 Å². The summed E-state index contributed by atoms with van der Waals surface area (Å²) in [6.07, 6.45) is -17.0. The summed E-state index contributed by atoms with van der Waals surface area (Å²) in [4.78, 5) is 11.3. The molecule has 1 rings (SSSR count). The van der Waals surface area contributed by atoms with Crippen molar-refractivity contribution in [1.82, 2.24) is 10.2 Å². The van der Waals surface area contributed by atoms with Crippen LogP contribution in [0.25, 0.3) is 0 Å². The molecule has 0 aliphatic rings. The second kappa shape index (κ2) is 9.54. The van der Waals surface area contributed by atoms with Crippen molar-refractivity contribution in [1.29, 1.82) is 0 Å². The van der Waals surface area contributed by atoms with Gasteiger partial charge in [-0.15, -0.1) is 10.2 Å². The topological polar surface area (TPSA) is 78.1 Å². The fraction of sp³-hybridized carbons (Fsp3) is 0.769. The lowest BCUT2D eigenvalue weighted by Gasteiger charge is -2.43. The lowest BCUT2D eigenvalue weighted by molar-refractivity contribution is -0.457. The number of alkyl halides is 15. The number of hydrogen-bond donors (Lipinski definition) is 1. The van der Waals surface area contributed by atoms with Crippen LogP contribution in [0.2, 0.25) is 0 Å². The predicted molar refractivity (Wildman–Crippen MR) is 86.4 cm³/mol. The SMILES string of the molecule is Nc1nnc(SCCC(=O)OCC(F)(F)C(F)(F)C(F)(F)C(F)(F)C(F)(C(F)(F)F)C(F)(F)F)s1. The van der Waals surface area contributed by atoms with Gasteiger partial charge in [-0.3, -0.25) is 4.79 Å². The molecule has 0 saturated heterocycles. The first-order valence-corrected chi connectivity index (χ1v) is 9.88. The van der Waals surface area contributed by atoms with Gasteiger partial charge in [0.15, 0.2) is 10.9 Å². The van der Waals surface area contributed by atoms with Gasteiger partial charge in [0.25, 0.3) is 0 Å². The highest BCUT2D eigenvalue weighted by Gasteiger charge is 2.95. The van der Waals surface area contributed by atoms with Gasteiger partial charge < -0.3 is 10.5 Å². The highest BCUT2D eigenvalue weighted by molar-refractivity contribution is 8.01. The number of halogens is 15. The maximum Gasteiger partial charge on any atom is 0.438 e. The van der Waals surface area contributed by atoms with Crippen LogP contribution in [0.15, 0.2) is 4.34 Å². The molecule has 0 saturated carbocycles. The average Bonchev–Trinajstić information content (AvgIpc) is 3.08. The third-order valence-electron chi connectivity index (χ3n) is 3.83. The summed E-state index contributed by atoms with van der Waals surface area (Å²) in [7, 11) is 0. The Morgan fingerprint density at radius 2 is 1.29 bits per heavy atom. The Morgan fingerprint density at radius 1 is 0.800 bits per heavy atom. The van der Waals surface area contributed by atoms with Crippen LogP contribution in [0.1, 0.15) is 6.42 Å². The molecule has 0 unspecified atom stereocenters. The van der Waals surface area contributed by atoms with E-state index in [1.807, 2.05) is 0 Å². The third-order valence-corrected chi connectivity index (χ3v) is 5.72. The molecule has 0 aliphatic heterocycles. The smallest absolute Gasteiger partial charge is 0.438 e. The van der Waals surface area contributed by atoms with Crippen LogP contribution >= 0.6 is 23.1 Å². The fourth-order valence-electron chi connectivity index (χ4n) is 1.99. The third kappa shape index (κ3) is 5.45. The summed E-state index contributed by atoms with van der Waals surface area (Å²) in [6.45, 7) is -3.20. The van der Waals surface area contributed by atoms with E-state index >= 15 is 0 Å². The molecule has 204 valence electrons. The molecule has 1 aromatic rings. The number of ether oxygens (including phenoxy) is 1. The normalized spacial score (nSPS) is 14.8. The molecule has 2 N–H and O–H groups in total. The minimum Gasteiger partial charge on any atom is -0.459 e. The monoisotopic (exact) mass is 587 g/mol. The number of hydrogen-bond acceptors (Lipinski definition) is 7. The van der Waals surface area contributed by atoms with Gasteiger partial charge in [-0.2, -0.15) is 61.5 Å². The summed E-state index contributed by atoms with van der Waals surface area (Å²) in [5.74, 6) is -33.6. The minimum absolute atomic E-state index is 0.0389. The molecule has 1 heterocycles. The van der Waals surface area contributed by atoms with Crippen LogP contribution in [0.3, 0.4) is 0 Å². The zero-order chi connectivity index (χ0) is 27.9. The molecule has 22 heteroatoms. The molecule has 0 aromatic carbocycles. The highest BCUT2D eigenvalue weighted by Crippen LogP contribution is 2.63. The number of nitrogens with two attached hydrogens (primary N) is 1. The van der Waals surface area contributed by atoms with Crippen LogP contribution in [-0.2, 0) is 9.53 Å². The van der Waals surface area contributed by atoms with E-state index in [4.69, 9.17) is 5.73 Å². The van der Waals surface area contributed by atoms with Crippen LogP contribution in [0.5, 0.6) is 0 Å². The van der Waals surface area contributed by atoms with Gasteiger partial charge in [0.2, 0.25) is 5.13 Å². The molecular formula is C13H8F15N3O2S2. The van der Waals surface area contributed by atoms with Crippen molar-refractivity contribution in [3.05, 3.63) is 0 Å². The van der Waals surface area contributed by atoms with Crippen molar-refractivity contribution < 1.29 is 75.4 Å². The van der Waals surface area contributed by atoms with Gasteiger partial charge in [-0.1, -0.05) is 23.1 Å². The Hall–Kier alpha value is -1.87. The number of anilines is 1. The first-order valence-electron chi connectivity index (χ1n) is 8.08. The summed E-state index contributed by atoms with van der Waals surface area (Å²) in [5.41, 5.74) is -3.17. The lowest BCUT2D eigenvalue weighted by Crippen LogP contribution is -2.75. The molecular weight excluding hydrogens is 579 g/mol. The first kappa shape index (κ1) is 31.2. The summed E-state index contributed by atoms with van der Waals surface area (Å²) >= 11 is 1.45. The molecule has 0 radical (unpaired) electrons. The standard InChI is InChI=1S/C13H8F15N3O2S2/c14-7(15,3-33-4(32)1-2-34-6-31-30-5(29)35-6)9(17,18)11(21,22)10(19,20)8(16,12(23,24)25)13(26,27)28/h1-3H2,(H2,29,30). The minimum atomic E-state index is -8.52. The second-order valence-corrected chi connectivity index (χ2v) is 8.60. The molecule has 5 nitrogen and oxygen atoms in total. The number of rotatable bonds is 10. The van der Waals surface area contributed by atoms with E-state index in [-0.39, 0.29) is 9.47 Å². The highest BCUT2D eigenvalue weighted by atomic mass is 32.2. The van der Waals surface area contributed by atoms with Crippen molar-refractivity contribution in [2.45, 2.75) is 52.5 Å². The second-order valence-electron chi connectivity index (χ2n) is 6.25. The Morgan fingerprint density at radius 3 is 1.69 bits per heavy atom. The summed E-state index contributed by atoms with van der Waals surface area (Å²) < 4.78 is 200. The van der Waals surface area contributed by atoms with Crippen molar-refractivity contribution in [3.63, 3.8) is 0 Å². The Labute approximate surface area is 191 Å². The van der Waals surface area contributed by atoms with E-state index in [9.17, 15) is 70.7 Å². The van der Waals surface area contributed by atoms with Gasteiger partial charge in [0, 0.05) is 5.75 Å².